The van der Waals surface area contributed by atoms with Gasteiger partial charge in [-0.05, 0) is 24.3 Å². The molecule has 1 aromatic heterocycles. The molecule has 0 spiro atoms. The summed E-state index contributed by atoms with van der Waals surface area (Å²) < 4.78 is 5.92. The molecule has 0 aliphatic carbocycles. The standard InChI is InChI=1S/C18H19N5O2S2/c1-23(14-8-4-3-5-9-14)22-16(24)12-26-18-21-20-17(27-18)19-13-7-6-10-15(11-13)25-2/h3-11H,12H2,1-2H3,(H,19,20)(H,22,24). The Bertz CT molecular complexity index is 888. The van der Waals surface area contributed by atoms with Gasteiger partial charge in [0.15, 0.2) is 4.34 Å². The Hall–Kier alpha value is -2.78. The first-order valence-electron chi connectivity index (χ1n) is 8.09. The van der Waals surface area contributed by atoms with Gasteiger partial charge in [0.2, 0.25) is 11.0 Å². The normalized spacial score (nSPS) is 10.3. The summed E-state index contributed by atoms with van der Waals surface area (Å²) in [6.45, 7) is 0. The number of carbonyl (C=O) groups is 1. The Morgan fingerprint density at radius 1 is 1.19 bits per heavy atom. The van der Waals surface area contributed by atoms with Gasteiger partial charge in [0.25, 0.3) is 0 Å². The molecule has 0 radical (unpaired) electrons. The molecular weight excluding hydrogens is 382 g/mol. The van der Waals surface area contributed by atoms with Crippen molar-refractivity contribution in [2.24, 2.45) is 0 Å². The van der Waals surface area contributed by atoms with Gasteiger partial charge in [0, 0.05) is 18.8 Å². The van der Waals surface area contributed by atoms with Crippen molar-refractivity contribution in [3.63, 3.8) is 0 Å². The van der Waals surface area contributed by atoms with Crippen LogP contribution in [0, 0.1) is 0 Å². The third kappa shape index (κ3) is 5.60. The summed E-state index contributed by atoms with van der Waals surface area (Å²) in [5, 5.41) is 13.8. The van der Waals surface area contributed by atoms with E-state index in [1.54, 1.807) is 19.2 Å². The van der Waals surface area contributed by atoms with Crippen molar-refractivity contribution >= 4 is 45.5 Å². The number of amides is 1. The number of rotatable bonds is 8. The van der Waals surface area contributed by atoms with Crippen molar-refractivity contribution in [1.82, 2.24) is 15.6 Å². The fourth-order valence-electron chi connectivity index (χ4n) is 2.21. The lowest BCUT2D eigenvalue weighted by Gasteiger charge is -2.19. The van der Waals surface area contributed by atoms with Crippen LogP contribution in [-0.4, -0.2) is 36.0 Å². The zero-order valence-corrected chi connectivity index (χ0v) is 16.5. The van der Waals surface area contributed by atoms with Crippen LogP contribution in [0.1, 0.15) is 0 Å². The first-order valence-corrected chi connectivity index (χ1v) is 9.90. The van der Waals surface area contributed by atoms with Crippen LogP contribution in [0.3, 0.4) is 0 Å². The number of anilines is 3. The van der Waals surface area contributed by atoms with E-state index >= 15 is 0 Å². The molecule has 0 bridgehead atoms. The Morgan fingerprint density at radius 3 is 2.78 bits per heavy atom. The van der Waals surface area contributed by atoms with E-state index in [1.165, 1.54) is 23.1 Å². The maximum atomic E-state index is 12.1. The highest BCUT2D eigenvalue weighted by Crippen LogP contribution is 2.28. The van der Waals surface area contributed by atoms with Gasteiger partial charge < -0.3 is 10.1 Å². The van der Waals surface area contributed by atoms with Gasteiger partial charge in [-0.2, -0.15) is 0 Å². The number of methoxy groups -OCH3 is 1. The number of carbonyl (C=O) groups excluding carboxylic acids is 1. The Morgan fingerprint density at radius 2 is 2.00 bits per heavy atom. The van der Waals surface area contributed by atoms with E-state index < -0.39 is 0 Å². The van der Waals surface area contributed by atoms with Gasteiger partial charge in [0.05, 0.1) is 18.6 Å². The molecule has 0 fully saturated rings. The van der Waals surface area contributed by atoms with Crippen LogP contribution in [0.2, 0.25) is 0 Å². The first kappa shape index (κ1) is 19.0. The van der Waals surface area contributed by atoms with Crippen LogP contribution >= 0.6 is 23.1 Å². The van der Waals surface area contributed by atoms with Crippen LogP contribution < -0.4 is 20.5 Å². The summed E-state index contributed by atoms with van der Waals surface area (Å²) >= 11 is 2.74. The molecule has 0 atom stereocenters. The van der Waals surface area contributed by atoms with Crippen molar-refractivity contribution in [3.8, 4) is 5.75 Å². The van der Waals surface area contributed by atoms with Crippen molar-refractivity contribution in [2.75, 3.05) is 30.2 Å². The molecular formula is C18H19N5O2S2. The lowest BCUT2D eigenvalue weighted by molar-refractivity contribution is -0.118. The summed E-state index contributed by atoms with van der Waals surface area (Å²) in [5.74, 6) is 0.910. The molecule has 0 saturated heterocycles. The molecule has 0 saturated carbocycles. The van der Waals surface area contributed by atoms with Gasteiger partial charge in [-0.1, -0.05) is 47.4 Å². The van der Waals surface area contributed by atoms with Gasteiger partial charge in [-0.3, -0.25) is 15.2 Å². The number of nitrogens with one attached hydrogen (secondary N) is 2. The fraction of sp³-hybridized carbons (Fsp3) is 0.167. The fourth-order valence-corrected chi connectivity index (χ4v) is 3.77. The molecule has 0 aliphatic heterocycles. The molecule has 2 aromatic carbocycles. The minimum Gasteiger partial charge on any atom is -0.497 e. The Balaban J connectivity index is 1.49. The maximum absolute atomic E-state index is 12.1. The molecule has 3 aromatic rings. The molecule has 3 rings (SSSR count). The summed E-state index contributed by atoms with van der Waals surface area (Å²) in [4.78, 5) is 12.1. The predicted octanol–water partition coefficient (Wildman–Crippen LogP) is 3.55. The monoisotopic (exact) mass is 401 g/mol. The average molecular weight is 402 g/mol. The number of para-hydroxylation sites is 1. The third-order valence-electron chi connectivity index (χ3n) is 3.49. The maximum Gasteiger partial charge on any atom is 0.248 e. The number of hydrogen-bond acceptors (Lipinski definition) is 8. The van der Waals surface area contributed by atoms with Gasteiger partial charge in [0.1, 0.15) is 5.75 Å². The van der Waals surface area contributed by atoms with Gasteiger partial charge in [-0.15, -0.1) is 10.2 Å². The van der Waals surface area contributed by atoms with Crippen LogP contribution in [0.5, 0.6) is 5.75 Å². The van der Waals surface area contributed by atoms with E-state index in [1.807, 2.05) is 54.6 Å². The van der Waals surface area contributed by atoms with E-state index in [-0.39, 0.29) is 11.7 Å². The quantitative estimate of drug-likeness (QED) is 0.441. The molecule has 9 heteroatoms. The smallest absolute Gasteiger partial charge is 0.248 e. The van der Waals surface area contributed by atoms with E-state index in [0.29, 0.717) is 5.13 Å². The first-order chi connectivity index (χ1) is 13.1. The molecule has 27 heavy (non-hydrogen) atoms. The van der Waals surface area contributed by atoms with Gasteiger partial charge in [-0.25, -0.2) is 0 Å². The number of hydrogen-bond donors (Lipinski definition) is 2. The largest absolute Gasteiger partial charge is 0.497 e. The van der Waals surface area contributed by atoms with Crippen LogP contribution in [0.25, 0.3) is 0 Å². The van der Waals surface area contributed by atoms with Crippen LogP contribution in [-0.2, 0) is 4.79 Å². The number of nitrogens with zero attached hydrogens (tertiary/aromatic N) is 3. The second-order valence-electron chi connectivity index (χ2n) is 5.45. The van der Waals surface area contributed by atoms with E-state index in [4.69, 9.17) is 4.74 Å². The van der Waals surface area contributed by atoms with E-state index in [0.717, 1.165) is 21.5 Å². The van der Waals surface area contributed by atoms with Crippen molar-refractivity contribution in [3.05, 3.63) is 54.6 Å². The van der Waals surface area contributed by atoms with Gasteiger partial charge >= 0.3 is 0 Å². The van der Waals surface area contributed by atoms with Crippen LogP contribution in [0.4, 0.5) is 16.5 Å². The lowest BCUT2D eigenvalue weighted by Crippen LogP contribution is -2.40. The second kappa shape index (κ2) is 9.24. The summed E-state index contributed by atoms with van der Waals surface area (Å²) in [6.07, 6.45) is 0. The lowest BCUT2D eigenvalue weighted by atomic mass is 10.3. The zero-order valence-electron chi connectivity index (χ0n) is 14.9. The highest BCUT2D eigenvalue weighted by molar-refractivity contribution is 8.01. The molecule has 7 nitrogen and oxygen atoms in total. The molecule has 1 amide bonds. The SMILES string of the molecule is COc1cccc(Nc2nnc(SCC(=O)NN(C)c3ccccc3)s2)c1. The topological polar surface area (TPSA) is 79.4 Å². The van der Waals surface area contributed by atoms with Crippen molar-refractivity contribution in [2.45, 2.75) is 4.34 Å². The van der Waals surface area contributed by atoms with Crippen LogP contribution in [0.15, 0.2) is 58.9 Å². The van der Waals surface area contributed by atoms with E-state index in [2.05, 4.69) is 20.9 Å². The number of thioether (sulfide) groups is 1. The zero-order chi connectivity index (χ0) is 19.1. The van der Waals surface area contributed by atoms with Crippen molar-refractivity contribution < 1.29 is 9.53 Å². The number of ether oxygens (including phenoxy) is 1. The highest BCUT2D eigenvalue weighted by Gasteiger charge is 2.10. The average Bonchev–Trinajstić information content (AvgIpc) is 3.14. The minimum absolute atomic E-state index is 0.108. The summed E-state index contributed by atoms with van der Waals surface area (Å²) in [7, 11) is 3.43. The Labute approximate surface area is 165 Å². The molecule has 2 N–H and O–H groups in total. The predicted molar refractivity (Wildman–Crippen MR) is 110 cm³/mol. The second-order valence-corrected chi connectivity index (χ2v) is 7.65. The Kier molecular flexibility index (Phi) is 6.50. The highest BCUT2D eigenvalue weighted by atomic mass is 32.2. The van der Waals surface area contributed by atoms with E-state index in [9.17, 15) is 4.79 Å². The number of aromatic nitrogens is 2. The summed E-state index contributed by atoms with van der Waals surface area (Å²) in [6, 6.07) is 17.2. The number of hydrazine groups is 1. The molecule has 1 heterocycles. The van der Waals surface area contributed by atoms with Crippen molar-refractivity contribution in [1.29, 1.82) is 0 Å². The molecule has 140 valence electrons. The minimum atomic E-state index is -0.108. The summed E-state index contributed by atoms with van der Waals surface area (Å²) in [5.41, 5.74) is 4.60. The molecule has 0 unspecified atom stereocenters. The third-order valence-corrected chi connectivity index (χ3v) is 5.46. The molecule has 0 aliphatic rings. The number of benzene rings is 2.